The molecule has 0 unspecified atom stereocenters. The maximum Gasteiger partial charge on any atom is -0.0538 e. The molecule has 0 spiro atoms. The molecule has 1 aromatic carbocycles. The predicted molar refractivity (Wildman–Crippen MR) is 127 cm³/mol. The summed E-state index contributed by atoms with van der Waals surface area (Å²) in [5.41, 5.74) is 0. The minimum atomic E-state index is 1.34. The van der Waals surface area contributed by atoms with E-state index in [1.165, 1.54) is 77.0 Å². The summed E-state index contributed by atoms with van der Waals surface area (Å²) < 4.78 is 0. The topological polar surface area (TPSA) is 0 Å². The van der Waals surface area contributed by atoms with Crippen LogP contribution in [0.4, 0.5) is 0 Å². The lowest BCUT2D eigenvalue weighted by Gasteiger charge is -1.79. The van der Waals surface area contributed by atoms with Crippen LogP contribution in [0, 0.1) is 0 Å². The number of hydrogen-bond donors (Lipinski definition) is 0. The molecule has 0 aliphatic rings. The Morgan fingerprint density at radius 2 is 0.385 bits per heavy atom. The first kappa shape index (κ1) is 32.9. The molecule has 158 valence electrons. The molecule has 1 rings (SSSR count). The zero-order valence-corrected chi connectivity index (χ0v) is 19.9. The van der Waals surface area contributed by atoms with Crippen molar-refractivity contribution in [3.63, 3.8) is 0 Å². The van der Waals surface area contributed by atoms with Crippen LogP contribution in [0.3, 0.4) is 0 Å². The highest BCUT2D eigenvalue weighted by atomic mass is 13.8. The van der Waals surface area contributed by atoms with Crippen molar-refractivity contribution in [2.45, 2.75) is 132 Å². The molecule has 0 N–H and O–H groups in total. The second-order valence-corrected chi connectivity index (χ2v) is 6.57. The normalized spacial score (nSPS) is 8.31. The molecule has 0 amide bonds. The van der Waals surface area contributed by atoms with Gasteiger partial charge in [-0.1, -0.05) is 169 Å². The molecule has 0 fully saturated rings. The SMILES string of the molecule is CCCCC.CCCCC.CCCCC.CCCCC.c1ccccc1. The van der Waals surface area contributed by atoms with Crippen LogP contribution in [0.5, 0.6) is 0 Å². The van der Waals surface area contributed by atoms with Gasteiger partial charge in [0.15, 0.2) is 0 Å². The van der Waals surface area contributed by atoms with E-state index in [0.717, 1.165) is 0 Å². The van der Waals surface area contributed by atoms with Crippen molar-refractivity contribution in [1.29, 1.82) is 0 Å². The monoisotopic (exact) mass is 366 g/mol. The van der Waals surface area contributed by atoms with Gasteiger partial charge in [0.25, 0.3) is 0 Å². The first-order valence-corrected chi connectivity index (χ1v) is 11.7. The third-order valence-corrected chi connectivity index (χ3v) is 3.50. The fourth-order valence-electron chi connectivity index (χ4n) is 1.80. The summed E-state index contributed by atoms with van der Waals surface area (Å²) in [6.45, 7) is 17.7. The Morgan fingerprint density at radius 1 is 0.269 bits per heavy atom. The highest BCUT2D eigenvalue weighted by Crippen LogP contribution is 1.89. The van der Waals surface area contributed by atoms with Gasteiger partial charge in [0.2, 0.25) is 0 Å². The number of rotatable bonds is 8. The van der Waals surface area contributed by atoms with Gasteiger partial charge in [0.05, 0.1) is 0 Å². The van der Waals surface area contributed by atoms with Gasteiger partial charge in [-0.2, -0.15) is 0 Å². The second-order valence-electron chi connectivity index (χ2n) is 6.57. The molecule has 0 bridgehead atoms. The number of benzene rings is 1. The first-order chi connectivity index (χ1) is 12.7. The minimum absolute atomic E-state index is 1.34. The smallest absolute Gasteiger partial charge is 0.0538 e. The predicted octanol–water partition coefficient (Wildman–Crippen LogP) is 10.5. The zero-order valence-electron chi connectivity index (χ0n) is 19.9. The van der Waals surface area contributed by atoms with Crippen LogP contribution in [0.1, 0.15) is 132 Å². The van der Waals surface area contributed by atoms with Crippen LogP contribution in [-0.4, -0.2) is 0 Å². The molecule has 0 radical (unpaired) electrons. The maximum atomic E-state index is 2.21. The Morgan fingerprint density at radius 3 is 0.423 bits per heavy atom. The van der Waals surface area contributed by atoms with Crippen molar-refractivity contribution >= 4 is 0 Å². The summed E-state index contributed by atoms with van der Waals surface area (Å²) in [7, 11) is 0. The molecule has 0 aliphatic carbocycles. The van der Waals surface area contributed by atoms with Gasteiger partial charge in [-0.3, -0.25) is 0 Å². The maximum absolute atomic E-state index is 2.21. The van der Waals surface area contributed by atoms with E-state index >= 15 is 0 Å². The summed E-state index contributed by atoms with van der Waals surface area (Å²) in [6.07, 6.45) is 16.3. The van der Waals surface area contributed by atoms with Crippen molar-refractivity contribution in [3.05, 3.63) is 36.4 Å². The van der Waals surface area contributed by atoms with Crippen molar-refractivity contribution in [3.8, 4) is 0 Å². The Balaban J connectivity index is -0.000000117. The van der Waals surface area contributed by atoms with Gasteiger partial charge in [0, 0.05) is 0 Å². The molecular weight excluding hydrogens is 312 g/mol. The van der Waals surface area contributed by atoms with Gasteiger partial charge < -0.3 is 0 Å². The van der Waals surface area contributed by atoms with Crippen LogP contribution in [-0.2, 0) is 0 Å². The van der Waals surface area contributed by atoms with E-state index in [4.69, 9.17) is 0 Å². The van der Waals surface area contributed by atoms with E-state index in [-0.39, 0.29) is 0 Å². The first-order valence-electron chi connectivity index (χ1n) is 11.7. The van der Waals surface area contributed by atoms with Gasteiger partial charge in [-0.15, -0.1) is 0 Å². The number of hydrogen-bond acceptors (Lipinski definition) is 0. The van der Waals surface area contributed by atoms with Crippen molar-refractivity contribution in [2.75, 3.05) is 0 Å². The summed E-state index contributed by atoms with van der Waals surface area (Å²) in [5, 5.41) is 0. The van der Waals surface area contributed by atoms with E-state index in [2.05, 4.69) is 55.4 Å². The van der Waals surface area contributed by atoms with Crippen LogP contribution >= 0.6 is 0 Å². The Labute approximate surface area is 169 Å². The Hall–Kier alpha value is -0.780. The summed E-state index contributed by atoms with van der Waals surface area (Å²) in [5.74, 6) is 0. The fraction of sp³-hybridized carbons (Fsp3) is 0.769. The van der Waals surface area contributed by atoms with Gasteiger partial charge >= 0.3 is 0 Å². The minimum Gasteiger partial charge on any atom is -0.0654 e. The van der Waals surface area contributed by atoms with E-state index < -0.39 is 0 Å². The van der Waals surface area contributed by atoms with E-state index in [1.807, 2.05) is 36.4 Å². The fourth-order valence-corrected chi connectivity index (χ4v) is 1.80. The molecule has 26 heavy (non-hydrogen) atoms. The molecule has 1 aromatic rings. The molecule has 0 aliphatic heterocycles. The summed E-state index contributed by atoms with van der Waals surface area (Å²) >= 11 is 0. The van der Waals surface area contributed by atoms with Crippen LogP contribution in [0.25, 0.3) is 0 Å². The highest BCUT2D eigenvalue weighted by Gasteiger charge is 1.69. The molecule has 0 aromatic heterocycles. The average Bonchev–Trinajstić information content (AvgIpc) is 2.68. The van der Waals surface area contributed by atoms with E-state index in [1.54, 1.807) is 0 Å². The largest absolute Gasteiger partial charge is 0.0654 e. The van der Waals surface area contributed by atoms with E-state index in [9.17, 15) is 0 Å². The third-order valence-electron chi connectivity index (χ3n) is 3.50. The molecule has 0 nitrogen and oxygen atoms in total. The Bertz CT molecular complexity index is 181. The second kappa shape index (κ2) is 44.0. The third kappa shape index (κ3) is 65.6. The number of unbranched alkanes of at least 4 members (excludes halogenated alkanes) is 8. The van der Waals surface area contributed by atoms with Crippen molar-refractivity contribution < 1.29 is 0 Å². The van der Waals surface area contributed by atoms with Crippen LogP contribution in [0.2, 0.25) is 0 Å². The molecule has 0 saturated carbocycles. The van der Waals surface area contributed by atoms with Gasteiger partial charge in [-0.05, 0) is 0 Å². The molecule has 0 heteroatoms. The average molecular weight is 367 g/mol. The van der Waals surface area contributed by atoms with Crippen molar-refractivity contribution in [2.24, 2.45) is 0 Å². The quantitative estimate of drug-likeness (QED) is 0.429. The van der Waals surface area contributed by atoms with Crippen LogP contribution in [0.15, 0.2) is 36.4 Å². The lowest BCUT2D eigenvalue weighted by atomic mass is 10.3. The standard InChI is InChI=1S/C6H6.4C5H12/c1-2-4-6-5-3-1;4*1-3-5-4-2/h1-6H;4*3-5H2,1-2H3. The van der Waals surface area contributed by atoms with E-state index in [0.29, 0.717) is 0 Å². The molecular formula is C26H54. The van der Waals surface area contributed by atoms with Gasteiger partial charge in [-0.25, -0.2) is 0 Å². The van der Waals surface area contributed by atoms with Crippen LogP contribution < -0.4 is 0 Å². The molecule has 0 saturated heterocycles. The highest BCUT2D eigenvalue weighted by molar-refractivity contribution is 4.99. The lowest BCUT2D eigenvalue weighted by molar-refractivity contribution is 0.772. The Kier molecular flexibility index (Phi) is 55.6. The molecule has 0 heterocycles. The summed E-state index contributed by atoms with van der Waals surface area (Å²) in [6, 6.07) is 12.0. The zero-order chi connectivity index (χ0) is 20.7. The van der Waals surface area contributed by atoms with Crippen molar-refractivity contribution in [1.82, 2.24) is 0 Å². The van der Waals surface area contributed by atoms with Gasteiger partial charge in [0.1, 0.15) is 0 Å². The lowest BCUT2D eigenvalue weighted by Crippen LogP contribution is -1.59. The summed E-state index contributed by atoms with van der Waals surface area (Å²) in [4.78, 5) is 0. The molecule has 0 atom stereocenters.